The van der Waals surface area contributed by atoms with Gasteiger partial charge in [0.05, 0.1) is 0 Å². The first-order valence-electron chi connectivity index (χ1n) is 7.84. The molecule has 0 aromatic heterocycles. The highest BCUT2D eigenvalue weighted by atomic mass is 16.1. The quantitative estimate of drug-likeness (QED) is 0.485. The fraction of sp³-hybridized carbons (Fsp3) is 0.200. The van der Waals surface area contributed by atoms with E-state index in [0.29, 0.717) is 5.56 Å². The zero-order chi connectivity index (χ0) is 16.1. The van der Waals surface area contributed by atoms with Gasteiger partial charge in [0.2, 0.25) is 5.78 Å². The van der Waals surface area contributed by atoms with E-state index in [1.54, 1.807) is 30.3 Å². The van der Waals surface area contributed by atoms with Gasteiger partial charge in [-0.2, -0.15) is 5.26 Å². The lowest BCUT2D eigenvalue weighted by Crippen LogP contribution is -2.17. The molecule has 0 radical (unpaired) electrons. The van der Waals surface area contributed by atoms with E-state index < -0.39 is 0 Å². The lowest BCUT2D eigenvalue weighted by molar-refractivity contribution is 0.104. The highest BCUT2D eigenvalue weighted by molar-refractivity contribution is 6.14. The Hall–Kier alpha value is -2.86. The van der Waals surface area contributed by atoms with E-state index in [1.807, 2.05) is 24.3 Å². The summed E-state index contributed by atoms with van der Waals surface area (Å²) in [5, 5.41) is 9.30. The molecule has 2 aromatic rings. The van der Waals surface area contributed by atoms with Crippen molar-refractivity contribution in [2.75, 3.05) is 18.0 Å². The summed E-state index contributed by atoms with van der Waals surface area (Å²) in [6, 6.07) is 19.0. The van der Waals surface area contributed by atoms with Crippen molar-refractivity contribution >= 4 is 17.5 Å². The number of ketones is 1. The van der Waals surface area contributed by atoms with Crippen LogP contribution < -0.4 is 4.90 Å². The van der Waals surface area contributed by atoms with Crippen LogP contribution >= 0.6 is 0 Å². The van der Waals surface area contributed by atoms with Gasteiger partial charge in [0.1, 0.15) is 11.6 Å². The normalized spacial score (nSPS) is 14.6. The Labute approximate surface area is 136 Å². The molecule has 0 bridgehead atoms. The number of nitriles is 1. The van der Waals surface area contributed by atoms with Crippen LogP contribution in [0.4, 0.5) is 5.69 Å². The summed E-state index contributed by atoms with van der Waals surface area (Å²) >= 11 is 0. The summed E-state index contributed by atoms with van der Waals surface area (Å²) < 4.78 is 0. The maximum absolute atomic E-state index is 12.4. The summed E-state index contributed by atoms with van der Waals surface area (Å²) in [7, 11) is 0. The molecule has 0 unspecified atom stereocenters. The predicted octanol–water partition coefficient (Wildman–Crippen LogP) is 4.08. The Morgan fingerprint density at radius 2 is 1.65 bits per heavy atom. The molecule has 114 valence electrons. The van der Waals surface area contributed by atoms with Crippen LogP contribution in [0.2, 0.25) is 0 Å². The molecule has 0 spiro atoms. The van der Waals surface area contributed by atoms with Crippen LogP contribution in [0.15, 0.2) is 60.2 Å². The Morgan fingerprint density at radius 3 is 2.26 bits per heavy atom. The zero-order valence-corrected chi connectivity index (χ0v) is 12.9. The Kier molecular flexibility index (Phi) is 4.54. The average Bonchev–Trinajstić information content (AvgIpc) is 3.15. The minimum atomic E-state index is -0.239. The summed E-state index contributed by atoms with van der Waals surface area (Å²) in [4.78, 5) is 14.7. The number of anilines is 1. The number of hydrogen-bond donors (Lipinski definition) is 0. The van der Waals surface area contributed by atoms with Crippen LogP contribution in [-0.4, -0.2) is 18.9 Å². The molecule has 1 fully saturated rings. The summed E-state index contributed by atoms with van der Waals surface area (Å²) in [5.41, 5.74) is 2.76. The number of carbonyl (C=O) groups is 1. The van der Waals surface area contributed by atoms with Crippen LogP contribution in [0, 0.1) is 11.3 Å². The van der Waals surface area contributed by atoms with E-state index in [9.17, 15) is 10.1 Å². The molecule has 1 heterocycles. The highest BCUT2D eigenvalue weighted by Crippen LogP contribution is 2.21. The lowest BCUT2D eigenvalue weighted by atomic mass is 10.0. The molecule has 23 heavy (non-hydrogen) atoms. The highest BCUT2D eigenvalue weighted by Gasteiger charge is 2.13. The van der Waals surface area contributed by atoms with Gasteiger partial charge in [-0.1, -0.05) is 42.5 Å². The van der Waals surface area contributed by atoms with Crippen LogP contribution in [0.3, 0.4) is 0 Å². The third kappa shape index (κ3) is 3.49. The van der Waals surface area contributed by atoms with Crippen molar-refractivity contribution in [3.63, 3.8) is 0 Å². The molecule has 1 saturated heterocycles. The van der Waals surface area contributed by atoms with Gasteiger partial charge in [-0.3, -0.25) is 4.79 Å². The molecule has 1 aliphatic heterocycles. The molecule has 1 aliphatic rings. The topological polar surface area (TPSA) is 44.1 Å². The van der Waals surface area contributed by atoms with E-state index in [2.05, 4.69) is 17.0 Å². The Morgan fingerprint density at radius 1 is 1.00 bits per heavy atom. The van der Waals surface area contributed by atoms with Crippen molar-refractivity contribution in [1.82, 2.24) is 0 Å². The number of nitrogens with zero attached hydrogens (tertiary/aromatic N) is 2. The number of benzene rings is 2. The summed E-state index contributed by atoms with van der Waals surface area (Å²) in [6.45, 7) is 2.20. The van der Waals surface area contributed by atoms with Gasteiger partial charge < -0.3 is 4.90 Å². The minimum absolute atomic E-state index is 0.158. The molecule has 0 N–H and O–H groups in total. The molecule has 0 atom stereocenters. The molecule has 0 saturated carbocycles. The van der Waals surface area contributed by atoms with Gasteiger partial charge in [-0.15, -0.1) is 0 Å². The average molecular weight is 302 g/mol. The van der Waals surface area contributed by atoms with Gasteiger partial charge in [0.25, 0.3) is 0 Å². The van der Waals surface area contributed by atoms with Crippen LogP contribution in [0.25, 0.3) is 6.08 Å². The maximum Gasteiger partial charge on any atom is 0.203 e. The third-order valence-corrected chi connectivity index (χ3v) is 4.08. The second-order valence-corrected chi connectivity index (χ2v) is 5.65. The predicted molar refractivity (Wildman–Crippen MR) is 92.3 cm³/mol. The van der Waals surface area contributed by atoms with E-state index in [-0.39, 0.29) is 11.4 Å². The van der Waals surface area contributed by atoms with Crippen LogP contribution in [0.5, 0.6) is 0 Å². The standard InChI is InChI=1S/C20H18N2O/c21-15-18(20(23)17-6-2-1-3-7-17)14-16-8-10-19(11-9-16)22-12-4-5-13-22/h1-3,6-11,14H,4-5,12-13H2/b18-14-. The second-order valence-electron chi connectivity index (χ2n) is 5.65. The number of allylic oxidation sites excluding steroid dienone is 1. The zero-order valence-electron chi connectivity index (χ0n) is 12.9. The maximum atomic E-state index is 12.4. The van der Waals surface area contributed by atoms with Crippen molar-refractivity contribution in [1.29, 1.82) is 5.26 Å². The van der Waals surface area contributed by atoms with Crippen molar-refractivity contribution in [3.05, 3.63) is 71.3 Å². The fourth-order valence-corrected chi connectivity index (χ4v) is 2.82. The van der Waals surface area contributed by atoms with Gasteiger partial charge in [0.15, 0.2) is 0 Å². The molecule has 0 aliphatic carbocycles. The van der Waals surface area contributed by atoms with E-state index in [4.69, 9.17) is 0 Å². The Balaban J connectivity index is 1.81. The molecule has 3 rings (SSSR count). The first-order chi connectivity index (χ1) is 11.3. The van der Waals surface area contributed by atoms with Crippen LogP contribution in [-0.2, 0) is 0 Å². The van der Waals surface area contributed by atoms with Crippen LogP contribution in [0.1, 0.15) is 28.8 Å². The van der Waals surface area contributed by atoms with E-state index in [0.717, 1.165) is 18.7 Å². The van der Waals surface area contributed by atoms with Crippen molar-refractivity contribution in [2.24, 2.45) is 0 Å². The fourth-order valence-electron chi connectivity index (χ4n) is 2.82. The Bertz CT molecular complexity index is 748. The molecular formula is C20H18N2O. The van der Waals surface area contributed by atoms with Crippen molar-refractivity contribution in [3.8, 4) is 6.07 Å². The van der Waals surface area contributed by atoms with E-state index in [1.165, 1.54) is 18.5 Å². The molecule has 3 heteroatoms. The summed E-state index contributed by atoms with van der Waals surface area (Å²) in [6.07, 6.45) is 4.14. The molecule has 3 nitrogen and oxygen atoms in total. The van der Waals surface area contributed by atoms with Crippen molar-refractivity contribution < 1.29 is 4.79 Å². The monoisotopic (exact) mass is 302 g/mol. The largest absolute Gasteiger partial charge is 0.372 e. The number of Topliss-reactive ketones (excluding diaryl/α,β-unsaturated/α-hetero) is 1. The van der Waals surface area contributed by atoms with Crippen molar-refractivity contribution in [2.45, 2.75) is 12.8 Å². The number of hydrogen-bond acceptors (Lipinski definition) is 3. The lowest BCUT2D eigenvalue weighted by Gasteiger charge is -2.17. The SMILES string of the molecule is N#C/C(=C/c1ccc(N2CCCC2)cc1)C(=O)c1ccccc1. The minimum Gasteiger partial charge on any atom is -0.372 e. The van der Waals surface area contributed by atoms with E-state index >= 15 is 0 Å². The molecule has 2 aromatic carbocycles. The first-order valence-corrected chi connectivity index (χ1v) is 7.84. The smallest absolute Gasteiger partial charge is 0.203 e. The second kappa shape index (κ2) is 6.93. The molecule has 0 amide bonds. The third-order valence-electron chi connectivity index (χ3n) is 4.08. The molecular weight excluding hydrogens is 284 g/mol. The first kappa shape index (κ1) is 15.1. The van der Waals surface area contributed by atoms with Gasteiger partial charge in [0, 0.05) is 24.3 Å². The number of rotatable bonds is 4. The summed E-state index contributed by atoms with van der Waals surface area (Å²) in [5.74, 6) is -0.239. The van der Waals surface area contributed by atoms with Gasteiger partial charge in [-0.05, 0) is 36.6 Å². The van der Waals surface area contributed by atoms with Gasteiger partial charge in [-0.25, -0.2) is 0 Å². The van der Waals surface area contributed by atoms with Gasteiger partial charge >= 0.3 is 0 Å². The number of carbonyl (C=O) groups excluding carboxylic acids is 1.